The summed E-state index contributed by atoms with van der Waals surface area (Å²) in [6.45, 7) is 11.0. The van der Waals surface area contributed by atoms with Crippen molar-refractivity contribution in [2.45, 2.75) is 72.7 Å². The number of hydrazine groups is 1. The summed E-state index contributed by atoms with van der Waals surface area (Å²) in [6, 6.07) is 5.84. The number of amides is 4. The second-order valence-corrected chi connectivity index (χ2v) is 9.37. The lowest BCUT2D eigenvalue weighted by Gasteiger charge is -2.25. The molecule has 0 heterocycles. The first-order chi connectivity index (χ1) is 15.9. The molecule has 0 saturated carbocycles. The van der Waals surface area contributed by atoms with E-state index in [-0.39, 0.29) is 24.4 Å². The summed E-state index contributed by atoms with van der Waals surface area (Å²) in [7, 11) is 0. The van der Waals surface area contributed by atoms with Crippen molar-refractivity contribution in [3.63, 3.8) is 0 Å². The molecule has 1 rings (SSSR count). The monoisotopic (exact) mass is 477 g/mol. The van der Waals surface area contributed by atoms with Gasteiger partial charge in [0.25, 0.3) is 5.91 Å². The van der Waals surface area contributed by atoms with E-state index in [2.05, 4.69) is 21.5 Å². The number of ether oxygens (including phenoxy) is 1. The van der Waals surface area contributed by atoms with Gasteiger partial charge in [-0.25, -0.2) is 15.0 Å². The van der Waals surface area contributed by atoms with Crippen molar-refractivity contribution in [2.75, 3.05) is 0 Å². The molecule has 0 aromatic heterocycles. The Kier molecular flexibility index (Phi) is 12.1. The number of nitrogens with one attached hydrogen (secondary N) is 4. The highest BCUT2D eigenvalue weighted by molar-refractivity contribution is 5.91. The summed E-state index contributed by atoms with van der Waals surface area (Å²) in [5.41, 5.74) is 11.2. The number of nitrogens with two attached hydrogens (primary N) is 1. The van der Waals surface area contributed by atoms with Crippen LogP contribution in [0.5, 0.6) is 0 Å². The number of rotatable bonds is 11. The van der Waals surface area contributed by atoms with Crippen LogP contribution in [0, 0.1) is 17.8 Å². The minimum atomic E-state index is -0.921. The van der Waals surface area contributed by atoms with E-state index in [1.165, 1.54) is 0 Å². The molecule has 0 fully saturated rings. The Labute approximate surface area is 201 Å². The Balaban J connectivity index is 2.62. The van der Waals surface area contributed by atoms with Crippen molar-refractivity contribution >= 4 is 23.8 Å². The molecule has 0 aliphatic heterocycles. The van der Waals surface area contributed by atoms with E-state index in [1.54, 1.807) is 27.7 Å². The maximum absolute atomic E-state index is 12.6. The van der Waals surface area contributed by atoms with Crippen LogP contribution >= 0.6 is 0 Å². The molecule has 10 heteroatoms. The quantitative estimate of drug-likeness (QED) is 0.241. The molecule has 0 aliphatic carbocycles. The summed E-state index contributed by atoms with van der Waals surface area (Å²) >= 11 is 0. The molecule has 3 atom stereocenters. The molecule has 1 aromatic rings. The van der Waals surface area contributed by atoms with Gasteiger partial charge in [0, 0.05) is 0 Å². The predicted molar refractivity (Wildman–Crippen MR) is 129 cm³/mol. The lowest BCUT2D eigenvalue weighted by molar-refractivity contribution is -0.148. The van der Waals surface area contributed by atoms with Crippen LogP contribution in [0.3, 0.4) is 0 Å². The third-order valence-corrected chi connectivity index (χ3v) is 5.04. The van der Waals surface area contributed by atoms with E-state index >= 15 is 0 Å². The molecule has 0 unspecified atom stereocenters. The molecule has 1 aromatic carbocycles. The highest BCUT2D eigenvalue weighted by Crippen LogP contribution is 2.08. The zero-order chi connectivity index (χ0) is 25.8. The van der Waals surface area contributed by atoms with Crippen LogP contribution in [0.4, 0.5) is 4.79 Å². The molecular weight excluding hydrogens is 438 g/mol. The summed E-state index contributed by atoms with van der Waals surface area (Å²) in [6.07, 6.45) is 0.482. The number of carbonyl (C=O) groups excluding carboxylic acids is 4. The van der Waals surface area contributed by atoms with Gasteiger partial charge in [-0.2, -0.15) is 0 Å². The maximum Gasteiger partial charge on any atom is 0.334 e. The van der Waals surface area contributed by atoms with Crippen LogP contribution < -0.4 is 27.2 Å². The van der Waals surface area contributed by atoms with Crippen molar-refractivity contribution in [3.05, 3.63) is 35.9 Å². The molecule has 10 nitrogen and oxygen atoms in total. The smallest absolute Gasteiger partial charge is 0.334 e. The van der Waals surface area contributed by atoms with Gasteiger partial charge in [0.1, 0.15) is 18.7 Å². The van der Waals surface area contributed by atoms with E-state index in [0.29, 0.717) is 6.42 Å². The first-order valence-electron chi connectivity index (χ1n) is 11.5. The summed E-state index contributed by atoms with van der Waals surface area (Å²) in [5, 5.41) is 5.14. The SMILES string of the molecule is CC(C)C[C@H](N)C(=O)N[C@H](C(=O)NNC(=O)N[C@H](C(=O)OCc1ccccc1)C(C)C)C(C)C. The fraction of sp³-hybridized carbons (Fsp3) is 0.583. The summed E-state index contributed by atoms with van der Waals surface area (Å²) in [4.78, 5) is 49.7. The first-order valence-corrected chi connectivity index (χ1v) is 11.5. The Morgan fingerprint density at radius 2 is 1.41 bits per heavy atom. The highest BCUT2D eigenvalue weighted by Gasteiger charge is 2.29. The van der Waals surface area contributed by atoms with Crippen LogP contribution in [0.25, 0.3) is 0 Å². The van der Waals surface area contributed by atoms with Gasteiger partial charge < -0.3 is 21.1 Å². The average molecular weight is 478 g/mol. The Morgan fingerprint density at radius 1 is 0.824 bits per heavy atom. The standard InChI is InChI=1S/C24H39N5O5/c1-14(2)12-18(25)21(30)26-19(15(3)4)22(31)28-29-24(33)27-20(16(5)6)23(32)34-13-17-10-8-7-9-11-17/h7-11,14-16,18-20H,12-13,25H2,1-6H3,(H,26,30)(H,28,31)(H2,27,29,33)/t18-,19-,20-/m0/s1. The molecule has 34 heavy (non-hydrogen) atoms. The summed E-state index contributed by atoms with van der Waals surface area (Å²) in [5.74, 6) is -1.92. The van der Waals surface area contributed by atoms with Gasteiger partial charge in [0.2, 0.25) is 5.91 Å². The second-order valence-electron chi connectivity index (χ2n) is 9.37. The van der Waals surface area contributed by atoms with Crippen LogP contribution in [0.15, 0.2) is 30.3 Å². The van der Waals surface area contributed by atoms with E-state index in [0.717, 1.165) is 5.56 Å². The van der Waals surface area contributed by atoms with Gasteiger partial charge in [0.15, 0.2) is 0 Å². The maximum atomic E-state index is 12.6. The number of hydrogen-bond donors (Lipinski definition) is 5. The van der Waals surface area contributed by atoms with Crippen LogP contribution in [-0.2, 0) is 25.7 Å². The fourth-order valence-corrected chi connectivity index (χ4v) is 3.10. The van der Waals surface area contributed by atoms with Gasteiger partial charge in [-0.1, -0.05) is 71.9 Å². The highest BCUT2D eigenvalue weighted by atomic mass is 16.5. The lowest BCUT2D eigenvalue weighted by atomic mass is 10.0. The Bertz CT molecular complexity index is 813. The van der Waals surface area contributed by atoms with Gasteiger partial charge >= 0.3 is 12.0 Å². The molecule has 0 aliphatic rings. The van der Waals surface area contributed by atoms with Crippen molar-refractivity contribution in [1.82, 2.24) is 21.5 Å². The van der Waals surface area contributed by atoms with Crippen molar-refractivity contribution in [1.29, 1.82) is 0 Å². The lowest BCUT2D eigenvalue weighted by Crippen LogP contribution is -2.59. The van der Waals surface area contributed by atoms with Crippen LogP contribution in [-0.4, -0.2) is 41.9 Å². The van der Waals surface area contributed by atoms with E-state index in [1.807, 2.05) is 44.2 Å². The zero-order valence-corrected chi connectivity index (χ0v) is 20.9. The summed E-state index contributed by atoms with van der Waals surface area (Å²) < 4.78 is 5.31. The number of urea groups is 1. The molecular formula is C24H39N5O5. The number of esters is 1. The van der Waals surface area contributed by atoms with E-state index in [4.69, 9.17) is 10.5 Å². The Hall–Kier alpha value is -3.14. The zero-order valence-electron chi connectivity index (χ0n) is 20.9. The van der Waals surface area contributed by atoms with Gasteiger partial charge in [0.05, 0.1) is 6.04 Å². The van der Waals surface area contributed by atoms with Gasteiger partial charge in [-0.15, -0.1) is 0 Å². The fourth-order valence-electron chi connectivity index (χ4n) is 3.10. The Morgan fingerprint density at radius 3 is 1.94 bits per heavy atom. The molecule has 4 amide bonds. The molecule has 0 radical (unpaired) electrons. The van der Waals surface area contributed by atoms with Crippen molar-refractivity contribution < 1.29 is 23.9 Å². The molecule has 0 bridgehead atoms. The minimum Gasteiger partial charge on any atom is -0.459 e. The number of hydrogen-bond acceptors (Lipinski definition) is 6. The minimum absolute atomic E-state index is 0.0810. The molecule has 0 spiro atoms. The number of carbonyl (C=O) groups is 4. The normalized spacial score (nSPS) is 13.7. The van der Waals surface area contributed by atoms with Crippen LogP contribution in [0.2, 0.25) is 0 Å². The molecule has 0 saturated heterocycles. The van der Waals surface area contributed by atoms with Gasteiger partial charge in [-0.3, -0.25) is 15.0 Å². The largest absolute Gasteiger partial charge is 0.459 e. The third-order valence-electron chi connectivity index (χ3n) is 5.04. The van der Waals surface area contributed by atoms with E-state index < -0.39 is 41.9 Å². The first kappa shape index (κ1) is 28.9. The van der Waals surface area contributed by atoms with Gasteiger partial charge in [-0.05, 0) is 29.7 Å². The third kappa shape index (κ3) is 10.2. The topological polar surface area (TPSA) is 152 Å². The van der Waals surface area contributed by atoms with Crippen molar-refractivity contribution in [2.24, 2.45) is 23.5 Å². The molecule has 6 N–H and O–H groups in total. The average Bonchev–Trinajstić information content (AvgIpc) is 2.77. The second kappa shape index (κ2) is 14.2. The molecule has 190 valence electrons. The number of benzene rings is 1. The van der Waals surface area contributed by atoms with E-state index in [9.17, 15) is 19.2 Å². The van der Waals surface area contributed by atoms with Crippen LogP contribution in [0.1, 0.15) is 53.5 Å². The van der Waals surface area contributed by atoms with Crippen molar-refractivity contribution in [3.8, 4) is 0 Å². The predicted octanol–water partition coefficient (Wildman–Crippen LogP) is 1.60.